The van der Waals surface area contributed by atoms with Gasteiger partial charge in [-0.2, -0.15) is 0 Å². The molecule has 2 amide bonds. The number of aliphatic hydroxyl groups is 1. The molecule has 0 atom stereocenters. The summed E-state index contributed by atoms with van der Waals surface area (Å²) < 4.78 is 0. The number of hydrogen-bond donors (Lipinski definition) is 2. The van der Waals surface area contributed by atoms with Crippen molar-refractivity contribution < 1.29 is 9.90 Å². The Morgan fingerprint density at radius 1 is 1.40 bits per heavy atom. The van der Waals surface area contributed by atoms with Crippen molar-refractivity contribution in [3.8, 4) is 0 Å². The molecule has 0 aromatic carbocycles. The maximum atomic E-state index is 11.8. The summed E-state index contributed by atoms with van der Waals surface area (Å²) in [5.74, 6) is 0. The van der Waals surface area contributed by atoms with E-state index in [4.69, 9.17) is 0 Å². The highest BCUT2D eigenvalue weighted by Gasteiger charge is 2.31. The van der Waals surface area contributed by atoms with Crippen LogP contribution < -0.4 is 5.32 Å². The van der Waals surface area contributed by atoms with Crippen LogP contribution in [-0.2, 0) is 0 Å². The minimum Gasteiger partial charge on any atom is -0.389 e. The molecule has 0 aromatic heterocycles. The Labute approximate surface area is 91.0 Å². The molecule has 0 radical (unpaired) electrons. The van der Waals surface area contributed by atoms with Crippen molar-refractivity contribution in [2.24, 2.45) is 0 Å². The largest absolute Gasteiger partial charge is 0.389 e. The van der Waals surface area contributed by atoms with E-state index in [2.05, 4.69) is 5.32 Å². The molecular weight excluding hydrogens is 194 g/mol. The fraction of sp³-hybridized carbons (Fsp3) is 0.900. The molecule has 0 aromatic rings. The van der Waals surface area contributed by atoms with Gasteiger partial charge in [-0.05, 0) is 20.9 Å². The Balaban J connectivity index is 2.42. The quantitative estimate of drug-likeness (QED) is 0.663. The number of carbonyl (C=O) groups excluding carboxylic acids is 1. The van der Waals surface area contributed by atoms with Crippen LogP contribution in [0.25, 0.3) is 0 Å². The summed E-state index contributed by atoms with van der Waals surface area (Å²) in [6.07, 6.45) is 0. The SMILES string of the molecule is CNCCN1CCN(CC(C)(C)O)C1=O. The minimum atomic E-state index is -0.811. The molecule has 0 aliphatic carbocycles. The molecule has 1 saturated heterocycles. The lowest BCUT2D eigenvalue weighted by molar-refractivity contribution is 0.0513. The van der Waals surface area contributed by atoms with E-state index in [0.29, 0.717) is 13.1 Å². The van der Waals surface area contributed by atoms with Gasteiger partial charge in [0.05, 0.1) is 12.1 Å². The maximum absolute atomic E-state index is 11.8. The third-order valence-corrected chi connectivity index (χ3v) is 2.39. The molecule has 0 unspecified atom stereocenters. The van der Waals surface area contributed by atoms with E-state index >= 15 is 0 Å². The highest BCUT2D eigenvalue weighted by Crippen LogP contribution is 2.12. The number of carbonyl (C=O) groups is 1. The molecule has 1 rings (SSSR count). The normalized spacial score (nSPS) is 17.7. The molecule has 5 nitrogen and oxygen atoms in total. The fourth-order valence-electron chi connectivity index (χ4n) is 1.70. The van der Waals surface area contributed by atoms with E-state index in [1.165, 1.54) is 0 Å². The van der Waals surface area contributed by atoms with Gasteiger partial charge in [-0.25, -0.2) is 4.79 Å². The Bertz CT molecular complexity index is 225. The topological polar surface area (TPSA) is 55.8 Å². The first kappa shape index (κ1) is 12.3. The zero-order chi connectivity index (χ0) is 11.5. The summed E-state index contributed by atoms with van der Waals surface area (Å²) in [4.78, 5) is 15.3. The number of rotatable bonds is 5. The van der Waals surface area contributed by atoms with Gasteiger partial charge in [0.25, 0.3) is 0 Å². The van der Waals surface area contributed by atoms with Gasteiger partial charge in [-0.3, -0.25) is 0 Å². The van der Waals surface area contributed by atoms with Crippen molar-refractivity contribution in [2.75, 3.05) is 39.8 Å². The van der Waals surface area contributed by atoms with Crippen LogP contribution in [0.5, 0.6) is 0 Å². The van der Waals surface area contributed by atoms with Crippen LogP contribution in [0, 0.1) is 0 Å². The molecule has 2 N–H and O–H groups in total. The van der Waals surface area contributed by atoms with Crippen molar-refractivity contribution >= 4 is 6.03 Å². The van der Waals surface area contributed by atoms with Crippen LogP contribution in [0.15, 0.2) is 0 Å². The zero-order valence-electron chi connectivity index (χ0n) is 9.79. The van der Waals surface area contributed by atoms with E-state index in [1.54, 1.807) is 18.7 Å². The molecule has 88 valence electrons. The first-order valence-corrected chi connectivity index (χ1v) is 5.35. The van der Waals surface area contributed by atoms with Gasteiger partial charge in [0.1, 0.15) is 0 Å². The molecule has 0 spiro atoms. The summed E-state index contributed by atoms with van der Waals surface area (Å²) in [5.41, 5.74) is -0.811. The third-order valence-electron chi connectivity index (χ3n) is 2.39. The number of urea groups is 1. The summed E-state index contributed by atoms with van der Waals surface area (Å²) >= 11 is 0. The molecule has 5 heteroatoms. The number of likely N-dealkylation sites (N-methyl/N-ethyl adjacent to an activating group) is 1. The van der Waals surface area contributed by atoms with E-state index in [0.717, 1.165) is 19.6 Å². The highest BCUT2D eigenvalue weighted by atomic mass is 16.3. The molecule has 1 aliphatic heterocycles. The van der Waals surface area contributed by atoms with E-state index in [9.17, 15) is 9.90 Å². The highest BCUT2D eigenvalue weighted by molar-refractivity contribution is 5.76. The second kappa shape index (κ2) is 4.81. The molecule has 0 bridgehead atoms. The summed E-state index contributed by atoms with van der Waals surface area (Å²) in [7, 11) is 1.87. The lowest BCUT2D eigenvalue weighted by Gasteiger charge is -2.25. The molecule has 1 aliphatic rings. The van der Waals surface area contributed by atoms with Crippen molar-refractivity contribution in [1.29, 1.82) is 0 Å². The summed E-state index contributed by atoms with van der Waals surface area (Å²) in [5, 5.41) is 12.6. The van der Waals surface area contributed by atoms with Gasteiger partial charge in [0.15, 0.2) is 0 Å². The van der Waals surface area contributed by atoms with Crippen LogP contribution in [-0.4, -0.2) is 66.3 Å². The smallest absolute Gasteiger partial charge is 0.320 e. The zero-order valence-corrected chi connectivity index (χ0v) is 9.79. The second-order valence-electron chi connectivity index (χ2n) is 4.61. The standard InChI is InChI=1S/C10H21N3O2/c1-10(2,15)8-13-7-6-12(9(13)14)5-4-11-3/h11,15H,4-8H2,1-3H3. The van der Waals surface area contributed by atoms with Crippen LogP contribution >= 0.6 is 0 Å². The molecular formula is C10H21N3O2. The number of amides is 2. The van der Waals surface area contributed by atoms with Gasteiger partial charge < -0.3 is 20.2 Å². The van der Waals surface area contributed by atoms with Crippen molar-refractivity contribution in [1.82, 2.24) is 15.1 Å². The lowest BCUT2D eigenvalue weighted by Crippen LogP contribution is -2.42. The average Bonchev–Trinajstić information content (AvgIpc) is 2.43. The Morgan fingerprint density at radius 2 is 2.00 bits per heavy atom. The lowest BCUT2D eigenvalue weighted by atomic mass is 10.1. The number of β-amino-alcohol motifs (C(OH)–C–C–N with tert-alkyl or cyclic N) is 1. The van der Waals surface area contributed by atoms with Gasteiger partial charge >= 0.3 is 6.03 Å². The van der Waals surface area contributed by atoms with Crippen molar-refractivity contribution in [2.45, 2.75) is 19.4 Å². The van der Waals surface area contributed by atoms with Gasteiger partial charge in [0, 0.05) is 26.2 Å². The number of hydrogen-bond acceptors (Lipinski definition) is 3. The Kier molecular flexibility index (Phi) is 3.93. The van der Waals surface area contributed by atoms with Gasteiger partial charge in [-0.1, -0.05) is 0 Å². The minimum absolute atomic E-state index is 0.0346. The van der Waals surface area contributed by atoms with Gasteiger partial charge in [0.2, 0.25) is 0 Å². The fourth-order valence-corrected chi connectivity index (χ4v) is 1.70. The monoisotopic (exact) mass is 215 g/mol. The molecule has 15 heavy (non-hydrogen) atoms. The summed E-state index contributed by atoms with van der Waals surface area (Å²) in [6, 6.07) is 0.0346. The number of nitrogens with zero attached hydrogens (tertiary/aromatic N) is 2. The average molecular weight is 215 g/mol. The van der Waals surface area contributed by atoms with E-state index in [-0.39, 0.29) is 6.03 Å². The van der Waals surface area contributed by atoms with Crippen LogP contribution in [0.2, 0.25) is 0 Å². The maximum Gasteiger partial charge on any atom is 0.320 e. The van der Waals surface area contributed by atoms with Crippen LogP contribution in [0.3, 0.4) is 0 Å². The second-order valence-corrected chi connectivity index (χ2v) is 4.61. The number of nitrogens with one attached hydrogen (secondary N) is 1. The summed E-state index contributed by atoms with van der Waals surface area (Å²) in [6.45, 7) is 6.86. The predicted molar refractivity (Wildman–Crippen MR) is 58.8 cm³/mol. The van der Waals surface area contributed by atoms with Crippen molar-refractivity contribution in [3.63, 3.8) is 0 Å². The van der Waals surface area contributed by atoms with Crippen LogP contribution in [0.4, 0.5) is 4.79 Å². The third kappa shape index (κ3) is 3.68. The van der Waals surface area contributed by atoms with Gasteiger partial charge in [-0.15, -0.1) is 0 Å². The molecule has 1 heterocycles. The van der Waals surface area contributed by atoms with E-state index in [1.807, 2.05) is 11.9 Å². The first-order chi connectivity index (χ1) is 6.94. The Hall–Kier alpha value is -0.810. The predicted octanol–water partition coefficient (Wildman–Crippen LogP) is -0.286. The molecule has 0 saturated carbocycles. The van der Waals surface area contributed by atoms with Crippen molar-refractivity contribution in [3.05, 3.63) is 0 Å². The Morgan fingerprint density at radius 3 is 2.53 bits per heavy atom. The van der Waals surface area contributed by atoms with Crippen LogP contribution in [0.1, 0.15) is 13.8 Å². The molecule has 1 fully saturated rings. The van der Waals surface area contributed by atoms with E-state index < -0.39 is 5.60 Å². The first-order valence-electron chi connectivity index (χ1n) is 5.35.